The number of rotatable bonds is 9. The summed E-state index contributed by atoms with van der Waals surface area (Å²) in [7, 11) is 0. The molecule has 3 aromatic rings. The van der Waals surface area contributed by atoms with E-state index >= 15 is 0 Å². The molecule has 3 rings (SSSR count). The minimum absolute atomic E-state index is 0.0354. The van der Waals surface area contributed by atoms with E-state index in [-0.39, 0.29) is 17.2 Å². The quantitative estimate of drug-likeness (QED) is 0.284. The molecule has 10 heteroatoms. The molecule has 0 bridgehead atoms. The Labute approximate surface area is 197 Å². The van der Waals surface area contributed by atoms with Crippen molar-refractivity contribution in [1.82, 2.24) is 9.55 Å². The van der Waals surface area contributed by atoms with E-state index < -0.39 is 5.76 Å². The molecule has 0 unspecified atom stereocenters. The number of fused-ring (bicyclic) bond motifs is 1. The minimum atomic E-state index is -2.50. The van der Waals surface area contributed by atoms with Crippen molar-refractivity contribution in [3.63, 3.8) is 0 Å². The van der Waals surface area contributed by atoms with Crippen molar-refractivity contribution in [3.05, 3.63) is 57.8 Å². The summed E-state index contributed by atoms with van der Waals surface area (Å²) in [5.41, 5.74) is 0.824. The molecule has 0 saturated carbocycles. The van der Waals surface area contributed by atoms with E-state index in [1.54, 1.807) is 34.9 Å². The fourth-order valence-electron chi connectivity index (χ4n) is 2.92. The zero-order valence-electron chi connectivity index (χ0n) is 17.5. The van der Waals surface area contributed by atoms with Crippen molar-refractivity contribution in [1.29, 1.82) is 0 Å². The van der Waals surface area contributed by atoms with Crippen LogP contribution in [-0.4, -0.2) is 27.0 Å². The fraction of sp³-hybridized carbons (Fsp3) is 0.318. The molecule has 1 heterocycles. The molecular formula is C22H22ClF2N3O2S2. The highest BCUT2D eigenvalue weighted by molar-refractivity contribution is 8.00. The molecule has 0 radical (unpaired) electrons. The highest BCUT2D eigenvalue weighted by Crippen LogP contribution is 2.26. The second-order valence-corrected chi connectivity index (χ2v) is 9.88. The van der Waals surface area contributed by atoms with Crippen LogP contribution in [-0.2, 0) is 11.3 Å². The number of alkyl halides is 2. The normalized spacial score (nSPS) is 11.5. The first-order valence-electron chi connectivity index (χ1n) is 9.90. The number of halogens is 3. The molecule has 1 amide bonds. The number of hydrogen-bond donors (Lipinski definition) is 1. The summed E-state index contributed by atoms with van der Waals surface area (Å²) in [6.45, 7) is 4.64. The maximum absolute atomic E-state index is 13.0. The van der Waals surface area contributed by atoms with Crippen LogP contribution in [0.4, 0.5) is 14.5 Å². The monoisotopic (exact) mass is 497 g/mol. The van der Waals surface area contributed by atoms with Gasteiger partial charge in [-0.1, -0.05) is 49.0 Å². The van der Waals surface area contributed by atoms with Crippen LogP contribution < -0.4 is 10.9 Å². The van der Waals surface area contributed by atoms with Crippen LogP contribution in [0.25, 0.3) is 10.9 Å². The van der Waals surface area contributed by atoms with Gasteiger partial charge in [0.25, 0.3) is 11.3 Å². The summed E-state index contributed by atoms with van der Waals surface area (Å²) in [5.74, 6) is -2.35. The van der Waals surface area contributed by atoms with E-state index in [9.17, 15) is 18.4 Å². The first-order chi connectivity index (χ1) is 15.2. The first kappa shape index (κ1) is 24.5. The van der Waals surface area contributed by atoms with Gasteiger partial charge in [-0.15, -0.1) is 0 Å². The highest BCUT2D eigenvalue weighted by Gasteiger charge is 2.14. The molecule has 0 aliphatic carbocycles. The number of anilines is 1. The van der Waals surface area contributed by atoms with Crippen molar-refractivity contribution in [2.24, 2.45) is 5.92 Å². The number of aromatic nitrogens is 2. The van der Waals surface area contributed by atoms with E-state index in [4.69, 9.17) is 11.6 Å². The first-order valence-corrected chi connectivity index (χ1v) is 12.1. The van der Waals surface area contributed by atoms with Crippen LogP contribution in [0.1, 0.15) is 20.3 Å². The predicted molar refractivity (Wildman–Crippen MR) is 128 cm³/mol. The highest BCUT2D eigenvalue weighted by atomic mass is 35.5. The lowest BCUT2D eigenvalue weighted by Crippen LogP contribution is -2.25. The molecule has 0 spiro atoms. The SMILES string of the molecule is CC(C)CCn1c(SCC(=O)Nc2ccc(SC(F)F)cc2)nc2cc(Cl)ccc2c1=O. The standard InChI is InChI=1S/C22H22ClF2N3O2S2/c1-13(2)9-10-28-20(30)17-8-3-14(23)11-18(17)27-22(28)31-12-19(29)26-15-4-6-16(7-5-15)32-21(24)25/h3-8,11,13,21H,9-10,12H2,1-2H3,(H,26,29). The van der Waals surface area contributed by atoms with E-state index in [1.807, 2.05) is 0 Å². The average molecular weight is 498 g/mol. The molecule has 1 aromatic heterocycles. The Morgan fingerprint density at radius 1 is 1.19 bits per heavy atom. The Morgan fingerprint density at radius 3 is 2.56 bits per heavy atom. The number of thioether (sulfide) groups is 2. The number of carbonyl (C=O) groups excluding carboxylic acids is 1. The Morgan fingerprint density at radius 2 is 1.91 bits per heavy atom. The maximum Gasteiger partial charge on any atom is 0.288 e. The van der Waals surface area contributed by atoms with Gasteiger partial charge in [0.2, 0.25) is 5.91 Å². The van der Waals surface area contributed by atoms with E-state index in [2.05, 4.69) is 24.1 Å². The molecule has 0 aliphatic rings. The Balaban J connectivity index is 1.75. The molecule has 170 valence electrons. The molecule has 0 saturated heterocycles. The summed E-state index contributed by atoms with van der Waals surface area (Å²) in [6, 6.07) is 11.1. The third kappa shape index (κ3) is 6.70. The topological polar surface area (TPSA) is 64.0 Å². The lowest BCUT2D eigenvalue weighted by molar-refractivity contribution is -0.113. The van der Waals surface area contributed by atoms with Crippen LogP contribution in [0, 0.1) is 5.92 Å². The molecule has 1 N–H and O–H groups in total. The number of nitrogens with one attached hydrogen (secondary N) is 1. The number of amides is 1. The van der Waals surface area contributed by atoms with Crippen LogP contribution in [0.5, 0.6) is 0 Å². The molecular weight excluding hydrogens is 476 g/mol. The Kier molecular flexibility index (Phi) is 8.56. The Bertz CT molecular complexity index is 1150. The van der Waals surface area contributed by atoms with Crippen LogP contribution >= 0.6 is 35.1 Å². The van der Waals surface area contributed by atoms with Crippen LogP contribution in [0.3, 0.4) is 0 Å². The summed E-state index contributed by atoms with van der Waals surface area (Å²) in [6.07, 6.45) is 0.795. The third-order valence-corrected chi connectivity index (χ3v) is 6.44. The number of hydrogen-bond acceptors (Lipinski definition) is 5. The molecule has 2 aromatic carbocycles. The van der Waals surface area contributed by atoms with Gasteiger partial charge in [0.05, 0.1) is 16.7 Å². The van der Waals surface area contributed by atoms with Gasteiger partial charge < -0.3 is 5.32 Å². The van der Waals surface area contributed by atoms with Crippen molar-refractivity contribution in [3.8, 4) is 0 Å². The average Bonchev–Trinajstić information content (AvgIpc) is 2.72. The van der Waals surface area contributed by atoms with Gasteiger partial charge in [-0.2, -0.15) is 8.78 Å². The van der Waals surface area contributed by atoms with Gasteiger partial charge in [0.1, 0.15) is 0 Å². The molecule has 32 heavy (non-hydrogen) atoms. The largest absolute Gasteiger partial charge is 0.325 e. The van der Waals surface area contributed by atoms with Crippen molar-refractivity contribution < 1.29 is 13.6 Å². The number of nitrogens with zero attached hydrogens (tertiary/aromatic N) is 2. The van der Waals surface area contributed by atoms with E-state index in [1.165, 1.54) is 23.9 Å². The van der Waals surface area contributed by atoms with Gasteiger partial charge in [0, 0.05) is 22.2 Å². The second-order valence-electron chi connectivity index (χ2n) is 7.43. The third-order valence-electron chi connectivity index (χ3n) is 4.51. The molecule has 0 fully saturated rings. The van der Waals surface area contributed by atoms with Crippen LogP contribution in [0.15, 0.2) is 57.3 Å². The minimum Gasteiger partial charge on any atom is -0.325 e. The zero-order valence-corrected chi connectivity index (χ0v) is 19.9. The van der Waals surface area contributed by atoms with Gasteiger partial charge in [0.15, 0.2) is 5.16 Å². The summed E-state index contributed by atoms with van der Waals surface area (Å²) < 4.78 is 26.5. The summed E-state index contributed by atoms with van der Waals surface area (Å²) >= 11 is 7.67. The van der Waals surface area contributed by atoms with Gasteiger partial charge in [-0.25, -0.2) is 4.98 Å². The van der Waals surface area contributed by atoms with E-state index in [0.29, 0.717) is 55.9 Å². The molecule has 0 aliphatic heterocycles. The van der Waals surface area contributed by atoms with Gasteiger partial charge >= 0.3 is 0 Å². The smallest absolute Gasteiger partial charge is 0.288 e. The molecule has 5 nitrogen and oxygen atoms in total. The van der Waals surface area contributed by atoms with E-state index in [0.717, 1.165) is 6.42 Å². The predicted octanol–water partition coefficient (Wildman–Crippen LogP) is 6.14. The van der Waals surface area contributed by atoms with Crippen LogP contribution in [0.2, 0.25) is 5.02 Å². The van der Waals surface area contributed by atoms with Crippen molar-refractivity contribution >= 4 is 57.6 Å². The number of benzene rings is 2. The van der Waals surface area contributed by atoms with Gasteiger partial charge in [-0.05, 0) is 54.8 Å². The molecule has 0 atom stereocenters. The zero-order chi connectivity index (χ0) is 23.3. The summed E-state index contributed by atoms with van der Waals surface area (Å²) in [5, 5.41) is 4.14. The summed E-state index contributed by atoms with van der Waals surface area (Å²) in [4.78, 5) is 30.5. The fourth-order valence-corrected chi connectivity index (χ4v) is 4.41. The van der Waals surface area contributed by atoms with Crippen molar-refractivity contribution in [2.45, 2.75) is 42.6 Å². The van der Waals surface area contributed by atoms with Crippen molar-refractivity contribution in [2.75, 3.05) is 11.1 Å². The lowest BCUT2D eigenvalue weighted by atomic mass is 10.1. The maximum atomic E-state index is 13.0. The number of carbonyl (C=O) groups is 1. The lowest BCUT2D eigenvalue weighted by Gasteiger charge is -2.14. The van der Waals surface area contributed by atoms with Gasteiger partial charge in [-0.3, -0.25) is 14.2 Å². The second kappa shape index (κ2) is 11.2. The Hall–Kier alpha value is -2.10.